The van der Waals surface area contributed by atoms with Gasteiger partial charge in [0, 0.05) is 24.1 Å². The van der Waals surface area contributed by atoms with Gasteiger partial charge in [0.1, 0.15) is 0 Å². The van der Waals surface area contributed by atoms with Crippen LogP contribution in [0.15, 0.2) is 27.7 Å². The van der Waals surface area contributed by atoms with Gasteiger partial charge in [0.05, 0.1) is 0 Å². The molecule has 0 amide bonds. The predicted molar refractivity (Wildman–Crippen MR) is 70.6 cm³/mol. The van der Waals surface area contributed by atoms with Crippen LogP contribution in [0.4, 0.5) is 0 Å². The van der Waals surface area contributed by atoms with Crippen molar-refractivity contribution in [3.63, 3.8) is 0 Å². The van der Waals surface area contributed by atoms with Crippen LogP contribution in [-0.2, 0) is 6.54 Å². The van der Waals surface area contributed by atoms with E-state index in [1.54, 1.807) is 0 Å². The molecular formula is C12H16BrN3. The molecule has 0 aliphatic carbocycles. The van der Waals surface area contributed by atoms with Gasteiger partial charge < -0.3 is 10.6 Å². The van der Waals surface area contributed by atoms with Gasteiger partial charge in [0.2, 0.25) is 0 Å². The number of hydrogen-bond acceptors (Lipinski definition) is 3. The van der Waals surface area contributed by atoms with Crippen LogP contribution in [0.5, 0.6) is 0 Å². The third-order valence-corrected chi connectivity index (χ3v) is 3.14. The van der Waals surface area contributed by atoms with Crippen molar-refractivity contribution in [2.75, 3.05) is 13.1 Å². The molecule has 3 nitrogen and oxygen atoms in total. The zero-order valence-corrected chi connectivity index (χ0v) is 11.0. The van der Waals surface area contributed by atoms with Crippen LogP contribution in [0.3, 0.4) is 0 Å². The first-order chi connectivity index (χ1) is 7.75. The summed E-state index contributed by atoms with van der Waals surface area (Å²) in [5, 5.41) is 6.57. The molecule has 1 aromatic rings. The van der Waals surface area contributed by atoms with Crippen molar-refractivity contribution in [2.45, 2.75) is 19.9 Å². The summed E-state index contributed by atoms with van der Waals surface area (Å²) in [6, 6.07) is 6.34. The van der Waals surface area contributed by atoms with Gasteiger partial charge in [0.15, 0.2) is 5.96 Å². The molecule has 0 atom stereocenters. The van der Waals surface area contributed by atoms with Crippen molar-refractivity contribution >= 4 is 21.9 Å². The number of nitrogens with zero attached hydrogens (tertiary/aromatic N) is 1. The van der Waals surface area contributed by atoms with Gasteiger partial charge in [-0.3, -0.25) is 4.99 Å². The van der Waals surface area contributed by atoms with Crippen LogP contribution in [0.1, 0.15) is 17.5 Å². The molecule has 0 radical (unpaired) electrons. The van der Waals surface area contributed by atoms with E-state index in [0.717, 1.165) is 36.5 Å². The zero-order chi connectivity index (χ0) is 11.4. The second-order valence-corrected chi connectivity index (χ2v) is 4.85. The summed E-state index contributed by atoms with van der Waals surface area (Å²) >= 11 is 3.47. The summed E-state index contributed by atoms with van der Waals surface area (Å²) in [7, 11) is 0. The van der Waals surface area contributed by atoms with Crippen LogP contribution in [-0.4, -0.2) is 19.0 Å². The van der Waals surface area contributed by atoms with E-state index in [1.165, 1.54) is 11.1 Å². The molecule has 0 spiro atoms. The highest BCUT2D eigenvalue weighted by Crippen LogP contribution is 2.15. The Labute approximate surface area is 104 Å². The van der Waals surface area contributed by atoms with Gasteiger partial charge in [0.25, 0.3) is 0 Å². The second kappa shape index (κ2) is 5.34. The van der Waals surface area contributed by atoms with Crippen LogP contribution < -0.4 is 10.6 Å². The van der Waals surface area contributed by atoms with Crippen molar-refractivity contribution in [2.24, 2.45) is 4.99 Å². The number of aryl methyl sites for hydroxylation is 1. The third kappa shape index (κ3) is 2.98. The van der Waals surface area contributed by atoms with E-state index in [-0.39, 0.29) is 0 Å². The maximum atomic E-state index is 4.38. The molecule has 1 aliphatic heterocycles. The van der Waals surface area contributed by atoms with E-state index < -0.39 is 0 Å². The highest BCUT2D eigenvalue weighted by Gasteiger charge is 2.04. The Morgan fingerprint density at radius 3 is 3.06 bits per heavy atom. The lowest BCUT2D eigenvalue weighted by Crippen LogP contribution is -2.40. The number of nitrogens with one attached hydrogen (secondary N) is 2. The Hall–Kier alpha value is -1.03. The molecule has 0 bridgehead atoms. The number of halogens is 1. The number of guanidine groups is 1. The number of benzene rings is 1. The van der Waals surface area contributed by atoms with Crippen molar-refractivity contribution < 1.29 is 0 Å². The van der Waals surface area contributed by atoms with E-state index in [9.17, 15) is 0 Å². The normalized spacial score (nSPS) is 15.2. The highest BCUT2D eigenvalue weighted by molar-refractivity contribution is 9.10. The molecule has 0 aromatic heterocycles. The predicted octanol–water partition coefficient (Wildman–Crippen LogP) is 2.20. The summed E-state index contributed by atoms with van der Waals surface area (Å²) in [5.41, 5.74) is 2.59. The Morgan fingerprint density at radius 1 is 1.50 bits per heavy atom. The molecule has 2 rings (SSSR count). The topological polar surface area (TPSA) is 36.4 Å². The standard InChI is InChI=1S/C12H16BrN3/c1-9-7-11(13)4-3-10(9)8-16-12-14-5-2-6-15-12/h3-4,7H,2,5-6,8H2,1H3,(H2,14,15,16). The lowest BCUT2D eigenvalue weighted by Gasteiger charge is -2.16. The third-order valence-electron chi connectivity index (χ3n) is 2.65. The summed E-state index contributed by atoms with van der Waals surface area (Å²) in [6.45, 7) is 4.89. The Balaban J connectivity index is 1.96. The number of aliphatic imine (C=N–C) groups is 1. The van der Waals surface area contributed by atoms with Crippen LogP contribution in [0.25, 0.3) is 0 Å². The van der Waals surface area contributed by atoms with Crippen molar-refractivity contribution in [3.05, 3.63) is 33.8 Å². The first-order valence-corrected chi connectivity index (χ1v) is 6.32. The van der Waals surface area contributed by atoms with Crippen LogP contribution in [0, 0.1) is 6.92 Å². The van der Waals surface area contributed by atoms with Gasteiger partial charge in [-0.25, -0.2) is 0 Å². The highest BCUT2D eigenvalue weighted by atomic mass is 79.9. The lowest BCUT2D eigenvalue weighted by molar-refractivity contribution is 0.701. The Kier molecular flexibility index (Phi) is 3.83. The fraction of sp³-hybridized carbons (Fsp3) is 0.417. The summed E-state index contributed by atoms with van der Waals surface area (Å²) in [6.07, 6.45) is 1.13. The van der Waals surface area contributed by atoms with Crippen molar-refractivity contribution in [1.82, 2.24) is 10.6 Å². The van der Waals surface area contributed by atoms with E-state index in [4.69, 9.17) is 0 Å². The summed E-state index contributed by atoms with van der Waals surface area (Å²) < 4.78 is 1.13. The first kappa shape index (κ1) is 11.5. The molecule has 86 valence electrons. The summed E-state index contributed by atoms with van der Waals surface area (Å²) in [5.74, 6) is 0.925. The zero-order valence-electron chi connectivity index (χ0n) is 9.39. The van der Waals surface area contributed by atoms with Gasteiger partial charge in [-0.15, -0.1) is 0 Å². The molecule has 4 heteroatoms. The summed E-state index contributed by atoms with van der Waals surface area (Å²) in [4.78, 5) is 4.38. The molecular weight excluding hydrogens is 266 g/mol. The second-order valence-electron chi connectivity index (χ2n) is 3.94. The van der Waals surface area contributed by atoms with Crippen LogP contribution >= 0.6 is 15.9 Å². The lowest BCUT2D eigenvalue weighted by atomic mass is 10.1. The minimum absolute atomic E-state index is 0.824. The largest absolute Gasteiger partial charge is 0.356 e. The SMILES string of the molecule is Cc1cc(Br)ccc1CNC1=NCCCN1. The number of rotatable bonds is 2. The minimum atomic E-state index is 0.824. The molecule has 16 heavy (non-hydrogen) atoms. The maximum absolute atomic E-state index is 4.38. The van der Waals surface area contributed by atoms with Crippen molar-refractivity contribution in [1.29, 1.82) is 0 Å². The fourth-order valence-electron chi connectivity index (χ4n) is 1.69. The molecule has 1 aliphatic rings. The van der Waals surface area contributed by atoms with Gasteiger partial charge in [-0.1, -0.05) is 22.0 Å². The maximum Gasteiger partial charge on any atom is 0.191 e. The Morgan fingerprint density at radius 2 is 2.38 bits per heavy atom. The molecule has 2 N–H and O–H groups in total. The van der Waals surface area contributed by atoms with E-state index in [0.29, 0.717) is 0 Å². The molecule has 1 heterocycles. The monoisotopic (exact) mass is 281 g/mol. The molecule has 0 fully saturated rings. The molecule has 1 aromatic carbocycles. The van der Waals surface area contributed by atoms with Gasteiger partial charge in [-0.05, 0) is 36.6 Å². The molecule has 0 unspecified atom stereocenters. The molecule has 0 saturated heterocycles. The van der Waals surface area contributed by atoms with E-state index >= 15 is 0 Å². The van der Waals surface area contributed by atoms with E-state index in [2.05, 4.69) is 56.7 Å². The quantitative estimate of drug-likeness (QED) is 0.872. The van der Waals surface area contributed by atoms with Gasteiger partial charge >= 0.3 is 0 Å². The average Bonchev–Trinajstić information content (AvgIpc) is 2.29. The van der Waals surface area contributed by atoms with Crippen molar-refractivity contribution in [3.8, 4) is 0 Å². The average molecular weight is 282 g/mol. The van der Waals surface area contributed by atoms with E-state index in [1.807, 2.05) is 0 Å². The molecule has 0 saturated carbocycles. The number of hydrogen-bond donors (Lipinski definition) is 2. The van der Waals surface area contributed by atoms with Crippen LogP contribution in [0.2, 0.25) is 0 Å². The van der Waals surface area contributed by atoms with Gasteiger partial charge in [-0.2, -0.15) is 0 Å². The Bertz CT molecular complexity index is 401. The first-order valence-electron chi connectivity index (χ1n) is 5.53. The smallest absolute Gasteiger partial charge is 0.191 e. The minimum Gasteiger partial charge on any atom is -0.356 e. The fourth-order valence-corrected chi connectivity index (χ4v) is 2.16.